The third-order valence-corrected chi connectivity index (χ3v) is 2.45. The summed E-state index contributed by atoms with van der Waals surface area (Å²) in [6.45, 7) is 1.67. The van der Waals surface area contributed by atoms with Gasteiger partial charge in [0.1, 0.15) is 0 Å². The number of halogens is 3. The van der Waals surface area contributed by atoms with Gasteiger partial charge in [0.15, 0.2) is 6.29 Å². The van der Waals surface area contributed by atoms with E-state index in [-0.39, 0.29) is 6.54 Å². The molecule has 0 bridgehead atoms. The minimum absolute atomic E-state index is 0.159. The number of rotatable bonds is 4. The van der Waals surface area contributed by atoms with Gasteiger partial charge in [0.05, 0.1) is 6.42 Å². The first-order valence-corrected chi connectivity index (χ1v) is 5.17. The number of benzene rings is 1. The van der Waals surface area contributed by atoms with Gasteiger partial charge in [-0.3, -0.25) is 4.79 Å². The van der Waals surface area contributed by atoms with Gasteiger partial charge >= 0.3 is 6.18 Å². The van der Waals surface area contributed by atoms with Gasteiger partial charge < -0.3 is 4.90 Å². The van der Waals surface area contributed by atoms with Gasteiger partial charge in [-0.15, -0.1) is 0 Å². The first kappa shape index (κ1) is 13.5. The molecule has 0 amide bonds. The Hall–Kier alpha value is -1.52. The zero-order valence-corrected chi connectivity index (χ0v) is 9.71. The summed E-state index contributed by atoms with van der Waals surface area (Å²) in [6, 6.07) is 5.09. The predicted molar refractivity (Wildman–Crippen MR) is 60.5 cm³/mol. The Morgan fingerprint density at radius 1 is 1.35 bits per heavy atom. The maximum Gasteiger partial charge on any atom is 0.390 e. The fourth-order valence-electron chi connectivity index (χ4n) is 1.53. The molecule has 0 saturated heterocycles. The Labute approximate surface area is 98.0 Å². The first-order chi connectivity index (χ1) is 7.83. The van der Waals surface area contributed by atoms with Crippen LogP contribution in [0.2, 0.25) is 0 Å². The second-order valence-corrected chi connectivity index (χ2v) is 3.97. The van der Waals surface area contributed by atoms with E-state index in [0.717, 1.165) is 5.56 Å². The van der Waals surface area contributed by atoms with Crippen molar-refractivity contribution in [3.05, 3.63) is 29.3 Å². The molecule has 0 unspecified atom stereocenters. The van der Waals surface area contributed by atoms with Gasteiger partial charge in [-0.1, -0.05) is 11.6 Å². The van der Waals surface area contributed by atoms with Gasteiger partial charge in [-0.25, -0.2) is 0 Å². The van der Waals surface area contributed by atoms with Crippen molar-refractivity contribution < 1.29 is 18.0 Å². The molecule has 1 aromatic carbocycles. The van der Waals surface area contributed by atoms with Crippen LogP contribution in [0.1, 0.15) is 22.3 Å². The molecule has 0 saturated carbocycles. The van der Waals surface area contributed by atoms with Gasteiger partial charge in [-0.05, 0) is 19.1 Å². The lowest BCUT2D eigenvalue weighted by Crippen LogP contribution is -2.24. The van der Waals surface area contributed by atoms with E-state index in [0.29, 0.717) is 17.5 Å². The minimum atomic E-state index is -4.18. The monoisotopic (exact) mass is 245 g/mol. The van der Waals surface area contributed by atoms with E-state index in [1.54, 1.807) is 25.2 Å². The Kier molecular flexibility index (Phi) is 4.15. The summed E-state index contributed by atoms with van der Waals surface area (Å²) >= 11 is 0. The van der Waals surface area contributed by atoms with Crippen molar-refractivity contribution in [3.8, 4) is 0 Å². The lowest BCUT2D eigenvalue weighted by Gasteiger charge is -2.21. The van der Waals surface area contributed by atoms with Crippen LogP contribution in [0.3, 0.4) is 0 Å². The fourth-order valence-corrected chi connectivity index (χ4v) is 1.53. The number of alkyl halides is 3. The number of aldehydes is 1. The topological polar surface area (TPSA) is 20.3 Å². The maximum atomic E-state index is 12.1. The van der Waals surface area contributed by atoms with Crippen molar-refractivity contribution in [2.24, 2.45) is 0 Å². The van der Waals surface area contributed by atoms with E-state index in [2.05, 4.69) is 0 Å². The van der Waals surface area contributed by atoms with E-state index >= 15 is 0 Å². The van der Waals surface area contributed by atoms with Crippen LogP contribution < -0.4 is 4.90 Å². The molecule has 1 aromatic rings. The van der Waals surface area contributed by atoms with Crippen LogP contribution in [-0.4, -0.2) is 26.1 Å². The van der Waals surface area contributed by atoms with Gasteiger partial charge in [0.25, 0.3) is 0 Å². The Balaban J connectivity index is 2.81. The summed E-state index contributed by atoms with van der Waals surface area (Å²) in [7, 11) is 1.55. The molecule has 0 aromatic heterocycles. The summed E-state index contributed by atoms with van der Waals surface area (Å²) in [5.41, 5.74) is 1.84. The molecule has 94 valence electrons. The highest BCUT2D eigenvalue weighted by atomic mass is 19.4. The van der Waals surface area contributed by atoms with E-state index < -0.39 is 12.6 Å². The molecule has 0 spiro atoms. The van der Waals surface area contributed by atoms with E-state index in [9.17, 15) is 18.0 Å². The standard InChI is InChI=1S/C12H14F3NO/c1-9-3-4-11(10(7-9)8-17)16(2)6-5-12(13,14)15/h3-4,7-8H,5-6H2,1-2H3. The minimum Gasteiger partial charge on any atom is -0.374 e. The highest BCUT2D eigenvalue weighted by molar-refractivity contribution is 5.84. The molecule has 0 aliphatic rings. The van der Waals surface area contributed by atoms with Crippen LogP contribution in [0.4, 0.5) is 18.9 Å². The average molecular weight is 245 g/mol. The lowest BCUT2D eigenvalue weighted by atomic mass is 10.1. The Bertz CT molecular complexity index is 401. The molecule has 0 fully saturated rings. The van der Waals surface area contributed by atoms with Gasteiger partial charge in [-0.2, -0.15) is 13.2 Å². The van der Waals surface area contributed by atoms with Crippen molar-refractivity contribution in [3.63, 3.8) is 0 Å². The average Bonchev–Trinajstić information content (AvgIpc) is 2.24. The molecule has 0 aliphatic carbocycles. The van der Waals surface area contributed by atoms with E-state index in [1.807, 2.05) is 6.92 Å². The van der Waals surface area contributed by atoms with Crippen LogP contribution in [-0.2, 0) is 0 Å². The van der Waals surface area contributed by atoms with Crippen LogP contribution in [0.25, 0.3) is 0 Å². The maximum absolute atomic E-state index is 12.1. The van der Waals surface area contributed by atoms with Crippen LogP contribution in [0.5, 0.6) is 0 Å². The van der Waals surface area contributed by atoms with Crippen LogP contribution >= 0.6 is 0 Å². The summed E-state index contributed by atoms with van der Waals surface area (Å²) in [5, 5.41) is 0. The summed E-state index contributed by atoms with van der Waals surface area (Å²) < 4.78 is 36.2. The molecule has 1 rings (SSSR count). The molecule has 0 atom stereocenters. The highest BCUT2D eigenvalue weighted by Crippen LogP contribution is 2.23. The quantitative estimate of drug-likeness (QED) is 0.759. The summed E-state index contributed by atoms with van der Waals surface area (Å²) in [6.07, 6.45) is -4.41. The van der Waals surface area contributed by atoms with Crippen LogP contribution in [0, 0.1) is 6.92 Å². The van der Waals surface area contributed by atoms with Crippen molar-refractivity contribution >= 4 is 12.0 Å². The number of carbonyl (C=O) groups is 1. The molecule has 17 heavy (non-hydrogen) atoms. The molecular formula is C12H14F3NO. The third-order valence-electron chi connectivity index (χ3n) is 2.45. The van der Waals surface area contributed by atoms with Crippen molar-refractivity contribution in [2.75, 3.05) is 18.5 Å². The molecule has 0 N–H and O–H groups in total. The second-order valence-electron chi connectivity index (χ2n) is 3.97. The summed E-state index contributed by atoms with van der Waals surface area (Å²) in [5.74, 6) is 0. The van der Waals surface area contributed by atoms with E-state index in [1.165, 1.54) is 4.90 Å². The van der Waals surface area contributed by atoms with Crippen molar-refractivity contribution in [2.45, 2.75) is 19.5 Å². The number of anilines is 1. The van der Waals surface area contributed by atoms with Gasteiger partial charge in [0.2, 0.25) is 0 Å². The SMILES string of the molecule is Cc1ccc(N(C)CCC(F)(F)F)c(C=O)c1. The van der Waals surface area contributed by atoms with Crippen LogP contribution in [0.15, 0.2) is 18.2 Å². The van der Waals surface area contributed by atoms with Gasteiger partial charge in [0, 0.05) is 24.8 Å². The Morgan fingerprint density at radius 2 is 2.00 bits per heavy atom. The first-order valence-electron chi connectivity index (χ1n) is 5.17. The second kappa shape index (κ2) is 5.21. The zero-order valence-electron chi connectivity index (χ0n) is 9.71. The third kappa shape index (κ3) is 4.09. The molecule has 0 radical (unpaired) electrons. The largest absolute Gasteiger partial charge is 0.390 e. The molecule has 2 nitrogen and oxygen atoms in total. The number of carbonyl (C=O) groups excluding carboxylic acids is 1. The number of aryl methyl sites for hydroxylation is 1. The number of hydrogen-bond donors (Lipinski definition) is 0. The number of nitrogens with zero attached hydrogens (tertiary/aromatic N) is 1. The Morgan fingerprint density at radius 3 is 2.53 bits per heavy atom. The number of hydrogen-bond acceptors (Lipinski definition) is 2. The highest BCUT2D eigenvalue weighted by Gasteiger charge is 2.27. The van der Waals surface area contributed by atoms with Crippen molar-refractivity contribution in [1.82, 2.24) is 0 Å². The smallest absolute Gasteiger partial charge is 0.374 e. The molecular weight excluding hydrogens is 231 g/mol. The zero-order chi connectivity index (χ0) is 13.1. The van der Waals surface area contributed by atoms with Crippen molar-refractivity contribution in [1.29, 1.82) is 0 Å². The lowest BCUT2D eigenvalue weighted by molar-refractivity contribution is -0.132. The molecule has 5 heteroatoms. The normalized spacial score (nSPS) is 11.4. The summed E-state index contributed by atoms with van der Waals surface area (Å²) in [4.78, 5) is 12.3. The van der Waals surface area contributed by atoms with E-state index in [4.69, 9.17) is 0 Å². The molecule has 0 aliphatic heterocycles. The molecule has 0 heterocycles. The predicted octanol–water partition coefficient (Wildman–Crippen LogP) is 3.20. The fraction of sp³-hybridized carbons (Fsp3) is 0.417.